The van der Waals surface area contributed by atoms with Gasteiger partial charge in [0.2, 0.25) is 17.7 Å². The van der Waals surface area contributed by atoms with Crippen LogP contribution >= 0.6 is 0 Å². The van der Waals surface area contributed by atoms with Crippen molar-refractivity contribution in [1.29, 1.82) is 0 Å². The zero-order chi connectivity index (χ0) is 33.8. The molecule has 0 unspecified atom stereocenters. The highest BCUT2D eigenvalue weighted by atomic mass is 16.4. The molecule has 47 heavy (non-hydrogen) atoms. The predicted molar refractivity (Wildman–Crippen MR) is 175 cm³/mol. The van der Waals surface area contributed by atoms with Crippen LogP contribution in [0.15, 0.2) is 109 Å². The molecule has 0 heterocycles. The minimum atomic E-state index is -1.28. The van der Waals surface area contributed by atoms with Crippen molar-refractivity contribution in [3.63, 3.8) is 0 Å². The molecular weight excluding hydrogens is 600 g/mol. The Morgan fingerprint density at radius 3 is 1.26 bits per heavy atom. The smallest absolute Gasteiger partial charge is 0.326 e. The predicted octanol–water partition coefficient (Wildman–Crippen LogP) is 2.23. The van der Waals surface area contributed by atoms with Crippen LogP contribution in [0.4, 0.5) is 0 Å². The highest BCUT2D eigenvalue weighted by molar-refractivity contribution is 5.94. The first kappa shape index (κ1) is 34.2. The van der Waals surface area contributed by atoms with E-state index in [1.807, 2.05) is 6.07 Å². The average Bonchev–Trinajstić information content (AvgIpc) is 3.06. The third-order valence-electron chi connectivity index (χ3n) is 7.55. The van der Waals surface area contributed by atoms with Gasteiger partial charge in [0.25, 0.3) is 0 Å². The second-order valence-electron chi connectivity index (χ2n) is 11.2. The SMILES string of the molecule is N[C@@H](Cc1ccc(O)cc1)C(=O)N[C@@H](Cc1ccccc1)C(=O)N[C@@H](Cc1ccc(O)cc1)C(=O)N[C@@H](Cc1ccccc1)C(=O)O. The van der Waals surface area contributed by atoms with Gasteiger partial charge in [-0.15, -0.1) is 0 Å². The molecule has 4 aromatic rings. The van der Waals surface area contributed by atoms with E-state index in [-0.39, 0.29) is 37.2 Å². The van der Waals surface area contributed by atoms with E-state index in [0.717, 1.165) is 5.56 Å². The fourth-order valence-electron chi connectivity index (χ4n) is 4.99. The number of amides is 3. The number of benzene rings is 4. The van der Waals surface area contributed by atoms with E-state index in [2.05, 4.69) is 16.0 Å². The minimum Gasteiger partial charge on any atom is -0.508 e. The first-order chi connectivity index (χ1) is 22.6. The van der Waals surface area contributed by atoms with Crippen molar-refractivity contribution >= 4 is 23.7 Å². The number of carbonyl (C=O) groups is 4. The highest BCUT2D eigenvalue weighted by Crippen LogP contribution is 2.14. The van der Waals surface area contributed by atoms with Crippen molar-refractivity contribution in [2.75, 3.05) is 0 Å². The largest absolute Gasteiger partial charge is 0.508 e. The molecule has 4 atom stereocenters. The molecule has 0 bridgehead atoms. The van der Waals surface area contributed by atoms with E-state index in [0.29, 0.717) is 16.7 Å². The normalized spacial score (nSPS) is 13.4. The van der Waals surface area contributed by atoms with Crippen LogP contribution < -0.4 is 21.7 Å². The minimum absolute atomic E-state index is 0.0156. The van der Waals surface area contributed by atoms with Gasteiger partial charge in [-0.3, -0.25) is 14.4 Å². The number of phenols is 2. The van der Waals surface area contributed by atoms with Crippen LogP contribution in [0.5, 0.6) is 11.5 Å². The van der Waals surface area contributed by atoms with Gasteiger partial charge in [0.05, 0.1) is 6.04 Å². The van der Waals surface area contributed by atoms with Crippen LogP contribution in [0.1, 0.15) is 22.3 Å². The molecule has 0 aliphatic carbocycles. The van der Waals surface area contributed by atoms with Crippen LogP contribution in [-0.4, -0.2) is 63.2 Å². The Labute approximate surface area is 272 Å². The molecule has 11 nitrogen and oxygen atoms in total. The molecule has 8 N–H and O–H groups in total. The Kier molecular flexibility index (Phi) is 12.1. The number of aliphatic carboxylic acids is 1. The Morgan fingerprint density at radius 1 is 0.489 bits per heavy atom. The molecule has 4 rings (SSSR count). The lowest BCUT2D eigenvalue weighted by Gasteiger charge is -2.25. The molecular formula is C36H38N4O7. The second-order valence-corrected chi connectivity index (χ2v) is 11.2. The third kappa shape index (κ3) is 10.7. The van der Waals surface area contributed by atoms with Gasteiger partial charge in [-0.05, 0) is 52.9 Å². The monoisotopic (exact) mass is 638 g/mol. The molecule has 4 aromatic carbocycles. The fraction of sp³-hybridized carbons (Fsp3) is 0.222. The number of aromatic hydroxyl groups is 2. The molecule has 11 heteroatoms. The van der Waals surface area contributed by atoms with Crippen LogP contribution in [0.25, 0.3) is 0 Å². The van der Waals surface area contributed by atoms with Crippen molar-refractivity contribution in [2.45, 2.75) is 49.9 Å². The van der Waals surface area contributed by atoms with E-state index in [4.69, 9.17) is 5.73 Å². The molecule has 0 aromatic heterocycles. The van der Waals surface area contributed by atoms with Gasteiger partial charge < -0.3 is 37.0 Å². The fourth-order valence-corrected chi connectivity index (χ4v) is 4.99. The Balaban J connectivity index is 1.55. The molecule has 0 fully saturated rings. The summed E-state index contributed by atoms with van der Waals surface area (Å²) in [6, 6.07) is 25.5. The number of rotatable bonds is 15. The summed E-state index contributed by atoms with van der Waals surface area (Å²) in [5, 5.41) is 37.2. The molecule has 0 radical (unpaired) electrons. The van der Waals surface area contributed by atoms with Gasteiger partial charge in [0, 0.05) is 19.3 Å². The van der Waals surface area contributed by atoms with E-state index in [1.54, 1.807) is 78.9 Å². The lowest BCUT2D eigenvalue weighted by Crippen LogP contribution is -2.58. The lowest BCUT2D eigenvalue weighted by atomic mass is 10.0. The molecule has 0 aliphatic heterocycles. The van der Waals surface area contributed by atoms with E-state index in [9.17, 15) is 34.5 Å². The number of hydrogen-bond acceptors (Lipinski definition) is 7. The number of phenolic OH excluding ortho intramolecular Hbond substituents is 2. The lowest BCUT2D eigenvalue weighted by molar-refractivity contribution is -0.142. The standard InChI is InChI=1S/C36H38N4O7/c37-29(19-25-11-15-27(41)16-12-25)33(43)38-30(20-23-7-3-1-4-8-23)34(44)39-31(21-26-13-17-28(42)18-14-26)35(45)40-32(36(46)47)22-24-9-5-2-6-10-24/h1-18,29-32,41-42H,19-22,37H2,(H,38,43)(H,39,44)(H,40,45)(H,46,47)/t29-,30-,31-,32-/m0/s1. The van der Waals surface area contributed by atoms with E-state index < -0.39 is 47.9 Å². The van der Waals surface area contributed by atoms with E-state index >= 15 is 0 Å². The zero-order valence-corrected chi connectivity index (χ0v) is 25.6. The van der Waals surface area contributed by atoms with Gasteiger partial charge in [0.15, 0.2) is 0 Å². The summed E-state index contributed by atoms with van der Waals surface area (Å²) in [5.41, 5.74) is 8.95. The summed E-state index contributed by atoms with van der Waals surface area (Å²) < 4.78 is 0. The number of nitrogens with one attached hydrogen (secondary N) is 3. The van der Waals surface area contributed by atoms with Crippen molar-refractivity contribution in [1.82, 2.24) is 16.0 Å². The maximum Gasteiger partial charge on any atom is 0.326 e. The van der Waals surface area contributed by atoms with Gasteiger partial charge in [-0.25, -0.2) is 4.79 Å². The van der Waals surface area contributed by atoms with Crippen LogP contribution in [0, 0.1) is 0 Å². The van der Waals surface area contributed by atoms with Gasteiger partial charge in [-0.2, -0.15) is 0 Å². The number of nitrogens with two attached hydrogens (primary N) is 1. The van der Waals surface area contributed by atoms with E-state index in [1.165, 1.54) is 24.3 Å². The molecule has 0 aliphatic rings. The molecule has 3 amide bonds. The maximum absolute atomic E-state index is 13.8. The Bertz CT molecular complexity index is 1630. The summed E-state index contributed by atoms with van der Waals surface area (Å²) in [5.74, 6) is -3.15. The summed E-state index contributed by atoms with van der Waals surface area (Å²) in [7, 11) is 0. The number of carboxylic acid groups (broad SMARTS) is 1. The number of hydrogen-bond donors (Lipinski definition) is 7. The molecule has 244 valence electrons. The third-order valence-corrected chi connectivity index (χ3v) is 7.55. The number of carbonyl (C=O) groups excluding carboxylic acids is 3. The quantitative estimate of drug-likeness (QED) is 0.103. The van der Waals surface area contributed by atoms with Gasteiger partial charge in [0.1, 0.15) is 29.6 Å². The van der Waals surface area contributed by atoms with Crippen LogP contribution in [-0.2, 0) is 44.9 Å². The van der Waals surface area contributed by atoms with Crippen molar-refractivity contribution in [2.24, 2.45) is 5.73 Å². The second kappa shape index (κ2) is 16.6. The highest BCUT2D eigenvalue weighted by Gasteiger charge is 2.31. The van der Waals surface area contributed by atoms with Crippen LogP contribution in [0.3, 0.4) is 0 Å². The average molecular weight is 639 g/mol. The molecule has 0 spiro atoms. The summed E-state index contributed by atoms with van der Waals surface area (Å²) >= 11 is 0. The topological polar surface area (TPSA) is 191 Å². The first-order valence-corrected chi connectivity index (χ1v) is 15.1. The van der Waals surface area contributed by atoms with Gasteiger partial charge in [-0.1, -0.05) is 84.9 Å². The molecule has 0 saturated heterocycles. The number of carboxylic acids is 1. The summed E-state index contributed by atoms with van der Waals surface area (Å²) in [6.07, 6.45) is 0.231. The van der Waals surface area contributed by atoms with Gasteiger partial charge >= 0.3 is 5.97 Å². The Hall–Kier alpha value is -5.68. The van der Waals surface area contributed by atoms with Crippen LogP contribution in [0.2, 0.25) is 0 Å². The molecule has 0 saturated carbocycles. The maximum atomic E-state index is 13.8. The summed E-state index contributed by atoms with van der Waals surface area (Å²) in [6.45, 7) is 0. The van der Waals surface area contributed by atoms with Crippen molar-refractivity contribution in [3.8, 4) is 11.5 Å². The zero-order valence-electron chi connectivity index (χ0n) is 25.6. The first-order valence-electron chi connectivity index (χ1n) is 15.1. The van der Waals surface area contributed by atoms with Crippen molar-refractivity contribution < 1.29 is 34.5 Å². The Morgan fingerprint density at radius 2 is 0.830 bits per heavy atom. The summed E-state index contributed by atoms with van der Waals surface area (Å²) in [4.78, 5) is 52.8. The van der Waals surface area contributed by atoms with Crippen molar-refractivity contribution in [3.05, 3.63) is 131 Å².